The van der Waals surface area contributed by atoms with Crippen LogP contribution in [0.15, 0.2) is 34.6 Å². The third-order valence-electron chi connectivity index (χ3n) is 5.43. The second-order valence-electron chi connectivity index (χ2n) is 7.35. The van der Waals surface area contributed by atoms with Crippen LogP contribution in [0.5, 0.6) is 5.75 Å². The van der Waals surface area contributed by atoms with Gasteiger partial charge in [-0.05, 0) is 37.7 Å². The molecule has 8 heteroatoms. The lowest BCUT2D eigenvalue weighted by molar-refractivity contribution is 0.119. The lowest BCUT2D eigenvalue weighted by atomic mass is 10.0. The fraction of sp³-hybridized carbons (Fsp3) is 0.565. The average Bonchev–Trinajstić information content (AvgIpc) is 3.26. The van der Waals surface area contributed by atoms with E-state index >= 15 is 0 Å². The largest absolute Gasteiger partial charge is 0.497 e. The van der Waals surface area contributed by atoms with E-state index in [4.69, 9.17) is 14.5 Å². The molecule has 31 heavy (non-hydrogen) atoms. The molecule has 0 aliphatic heterocycles. The van der Waals surface area contributed by atoms with Crippen molar-refractivity contribution in [3.63, 3.8) is 0 Å². The molecule has 1 aromatic heterocycles. The van der Waals surface area contributed by atoms with Crippen molar-refractivity contribution in [3.05, 3.63) is 45.9 Å². The number of aliphatic imine (C=N–C) groups is 1. The molecule has 0 amide bonds. The van der Waals surface area contributed by atoms with Crippen LogP contribution in [-0.4, -0.2) is 68.7 Å². The molecule has 0 fully saturated rings. The zero-order chi connectivity index (χ0) is 22.8. The van der Waals surface area contributed by atoms with Crippen LogP contribution in [0.3, 0.4) is 0 Å². The highest BCUT2D eigenvalue weighted by Gasteiger charge is 2.20. The van der Waals surface area contributed by atoms with Gasteiger partial charge in [-0.15, -0.1) is 11.3 Å². The van der Waals surface area contributed by atoms with Crippen LogP contribution in [0.25, 0.3) is 0 Å². The van der Waals surface area contributed by atoms with Gasteiger partial charge in [-0.1, -0.05) is 26.0 Å². The minimum atomic E-state index is 0.0131. The summed E-state index contributed by atoms with van der Waals surface area (Å²) in [6.45, 7) is 9.76. The topological polar surface area (TPSA) is 62.2 Å². The maximum Gasteiger partial charge on any atom is 0.193 e. The number of methoxy groups -OCH3 is 2. The number of thiazole rings is 1. The summed E-state index contributed by atoms with van der Waals surface area (Å²) >= 11 is 1.63. The summed E-state index contributed by atoms with van der Waals surface area (Å²) in [6, 6.07) is 8.52. The molecule has 0 radical (unpaired) electrons. The normalized spacial score (nSPS) is 13.9. The van der Waals surface area contributed by atoms with Gasteiger partial charge in [0.15, 0.2) is 5.96 Å². The Labute approximate surface area is 191 Å². The summed E-state index contributed by atoms with van der Waals surface area (Å²) in [5, 5.41) is 6.64. The van der Waals surface area contributed by atoms with E-state index in [9.17, 15) is 0 Å². The first-order valence-corrected chi connectivity index (χ1v) is 11.6. The quantitative estimate of drug-likeness (QED) is 0.416. The third kappa shape index (κ3) is 6.92. The minimum Gasteiger partial charge on any atom is -0.497 e. The summed E-state index contributed by atoms with van der Waals surface area (Å²) in [5.41, 5.74) is 2.24. The second kappa shape index (κ2) is 12.6. The van der Waals surface area contributed by atoms with Crippen LogP contribution < -0.4 is 10.1 Å². The van der Waals surface area contributed by atoms with Crippen LogP contribution in [0, 0.1) is 0 Å². The van der Waals surface area contributed by atoms with Gasteiger partial charge in [0.1, 0.15) is 16.9 Å². The van der Waals surface area contributed by atoms with Crippen molar-refractivity contribution in [3.8, 4) is 5.75 Å². The predicted octanol–water partition coefficient (Wildman–Crippen LogP) is 3.95. The number of rotatable bonds is 11. The van der Waals surface area contributed by atoms with E-state index in [0.717, 1.165) is 42.0 Å². The fourth-order valence-corrected chi connectivity index (χ4v) is 4.39. The Bertz CT molecular complexity index is 822. The molecule has 0 aliphatic carbocycles. The monoisotopic (exact) mass is 447 g/mol. The van der Waals surface area contributed by atoms with Crippen molar-refractivity contribution < 1.29 is 9.47 Å². The van der Waals surface area contributed by atoms with Crippen molar-refractivity contribution >= 4 is 17.3 Å². The Balaban J connectivity index is 2.09. The maximum absolute atomic E-state index is 5.44. The highest BCUT2D eigenvalue weighted by Crippen LogP contribution is 2.24. The number of nitrogens with zero attached hydrogens (tertiary/aromatic N) is 4. The molecule has 172 valence electrons. The lowest BCUT2D eigenvalue weighted by Crippen LogP contribution is -2.43. The van der Waals surface area contributed by atoms with Crippen molar-refractivity contribution in [2.45, 2.75) is 39.5 Å². The Morgan fingerprint density at radius 3 is 2.61 bits per heavy atom. The van der Waals surface area contributed by atoms with Gasteiger partial charge in [0.05, 0.1) is 25.4 Å². The number of hydrogen-bond donors (Lipinski definition) is 1. The number of benzene rings is 1. The molecule has 1 N–H and O–H groups in total. The summed E-state index contributed by atoms with van der Waals surface area (Å²) < 4.78 is 10.8. The van der Waals surface area contributed by atoms with Gasteiger partial charge in [0, 0.05) is 33.1 Å². The predicted molar refractivity (Wildman–Crippen MR) is 129 cm³/mol. The van der Waals surface area contributed by atoms with Gasteiger partial charge in [0.2, 0.25) is 0 Å². The van der Waals surface area contributed by atoms with Crippen molar-refractivity contribution in [1.29, 1.82) is 0 Å². The van der Waals surface area contributed by atoms with Crippen LogP contribution in [0.1, 0.15) is 49.2 Å². The molecule has 2 rings (SSSR count). The van der Waals surface area contributed by atoms with Crippen LogP contribution >= 0.6 is 11.3 Å². The van der Waals surface area contributed by atoms with E-state index in [2.05, 4.69) is 51.5 Å². The van der Waals surface area contributed by atoms with E-state index in [-0.39, 0.29) is 12.1 Å². The first-order chi connectivity index (χ1) is 15.0. The minimum absolute atomic E-state index is 0.0131. The summed E-state index contributed by atoms with van der Waals surface area (Å²) in [5.74, 6) is 1.72. The second-order valence-corrected chi connectivity index (χ2v) is 8.24. The van der Waals surface area contributed by atoms with Crippen LogP contribution in [0.2, 0.25) is 0 Å². The van der Waals surface area contributed by atoms with Crippen LogP contribution in [-0.2, 0) is 11.3 Å². The average molecular weight is 448 g/mol. The standard InChI is InChI=1S/C23H37N5O2S/c1-8-28(9-2)21(18-11-10-12-20(13-18)30-7)14-25-23(24-4)27(5)15-19-16-31-22(26-19)17(3)29-6/h10-13,16-17,21H,8-9,14-15H2,1-7H3,(H,24,25). The zero-order valence-electron chi connectivity index (χ0n) is 19.9. The van der Waals surface area contributed by atoms with E-state index < -0.39 is 0 Å². The molecule has 7 nitrogen and oxygen atoms in total. The summed E-state index contributed by atoms with van der Waals surface area (Å²) in [6.07, 6.45) is 0.0131. The molecule has 1 heterocycles. The highest BCUT2D eigenvalue weighted by atomic mass is 32.1. The lowest BCUT2D eigenvalue weighted by Gasteiger charge is -2.32. The molecular formula is C23H37N5O2S. The number of nitrogens with one attached hydrogen (secondary N) is 1. The fourth-order valence-electron chi connectivity index (χ4n) is 3.54. The van der Waals surface area contributed by atoms with Crippen molar-refractivity contribution in [2.24, 2.45) is 4.99 Å². The first kappa shape index (κ1) is 25.1. The maximum atomic E-state index is 5.44. The molecule has 2 atom stereocenters. The molecule has 0 saturated carbocycles. The molecule has 0 aliphatic rings. The SMILES string of the molecule is CCN(CC)C(CNC(=NC)N(C)Cc1csc(C(C)OC)n1)c1cccc(OC)c1. The molecule has 0 spiro atoms. The van der Waals surface area contributed by atoms with E-state index in [0.29, 0.717) is 6.54 Å². The Kier molecular flexibility index (Phi) is 10.2. The molecular weight excluding hydrogens is 410 g/mol. The van der Waals surface area contributed by atoms with Crippen molar-refractivity contribution in [1.82, 2.24) is 20.1 Å². The smallest absolute Gasteiger partial charge is 0.193 e. The molecule has 2 aromatic rings. The number of ether oxygens (including phenoxy) is 2. The summed E-state index contributed by atoms with van der Waals surface area (Å²) in [7, 11) is 7.26. The Morgan fingerprint density at radius 2 is 2.00 bits per heavy atom. The molecule has 0 bridgehead atoms. The zero-order valence-corrected chi connectivity index (χ0v) is 20.7. The molecule has 2 unspecified atom stereocenters. The number of likely N-dealkylation sites (N-methyl/N-ethyl adjacent to an activating group) is 1. The van der Waals surface area contributed by atoms with E-state index in [1.807, 2.05) is 33.2 Å². The third-order valence-corrected chi connectivity index (χ3v) is 6.48. The number of aromatic nitrogens is 1. The number of guanidine groups is 1. The molecule has 1 aromatic carbocycles. The van der Waals surface area contributed by atoms with Gasteiger partial charge in [-0.3, -0.25) is 9.89 Å². The van der Waals surface area contributed by atoms with Gasteiger partial charge in [0.25, 0.3) is 0 Å². The van der Waals surface area contributed by atoms with Gasteiger partial charge < -0.3 is 19.7 Å². The van der Waals surface area contributed by atoms with Gasteiger partial charge in [-0.25, -0.2) is 4.98 Å². The van der Waals surface area contributed by atoms with E-state index in [1.165, 1.54) is 5.56 Å². The highest BCUT2D eigenvalue weighted by molar-refractivity contribution is 7.09. The van der Waals surface area contributed by atoms with Gasteiger partial charge in [-0.2, -0.15) is 0 Å². The van der Waals surface area contributed by atoms with Crippen molar-refractivity contribution in [2.75, 3.05) is 47.9 Å². The first-order valence-electron chi connectivity index (χ1n) is 10.7. The Morgan fingerprint density at radius 1 is 1.26 bits per heavy atom. The molecule has 0 saturated heterocycles. The van der Waals surface area contributed by atoms with Crippen LogP contribution in [0.4, 0.5) is 0 Å². The Hall–Kier alpha value is -2.16. The van der Waals surface area contributed by atoms with Gasteiger partial charge >= 0.3 is 0 Å². The van der Waals surface area contributed by atoms with E-state index in [1.54, 1.807) is 25.6 Å². The summed E-state index contributed by atoms with van der Waals surface area (Å²) in [4.78, 5) is 13.7. The number of hydrogen-bond acceptors (Lipinski definition) is 6.